The highest BCUT2D eigenvalue weighted by Crippen LogP contribution is 2.29. The Morgan fingerprint density at radius 3 is 2.68 bits per heavy atom. The van der Waals surface area contributed by atoms with E-state index in [1.54, 1.807) is 7.11 Å². The summed E-state index contributed by atoms with van der Waals surface area (Å²) < 4.78 is 36.3. The first-order valence-corrected chi connectivity index (χ1v) is 7.69. The van der Waals surface area contributed by atoms with E-state index in [0.29, 0.717) is 12.8 Å². The van der Waals surface area contributed by atoms with Gasteiger partial charge in [0.15, 0.2) is 4.67 Å². The highest BCUT2D eigenvalue weighted by atomic mass is 79.9. The molecule has 1 aromatic rings. The van der Waals surface area contributed by atoms with Crippen molar-refractivity contribution in [2.45, 2.75) is 29.9 Å². The van der Waals surface area contributed by atoms with E-state index in [4.69, 9.17) is 14.3 Å². The van der Waals surface area contributed by atoms with Crippen LogP contribution in [-0.4, -0.2) is 38.7 Å². The van der Waals surface area contributed by atoms with Crippen molar-refractivity contribution in [3.05, 3.63) is 16.5 Å². The fraction of sp³-hybridized carbons (Fsp3) is 0.500. The van der Waals surface area contributed by atoms with Crippen LogP contribution in [0.25, 0.3) is 0 Å². The SMILES string of the molecule is COC1CC(NS(=O)(=O)c2cc(C(=O)O)oc2Br)C1. The molecule has 1 aliphatic carbocycles. The number of methoxy groups -OCH3 is 1. The second-order valence-corrected chi connectivity index (χ2v) is 6.60. The largest absolute Gasteiger partial charge is 0.475 e. The minimum Gasteiger partial charge on any atom is -0.475 e. The Morgan fingerprint density at radius 1 is 1.58 bits per heavy atom. The molecular weight excluding hydrogens is 342 g/mol. The molecule has 1 aliphatic rings. The van der Waals surface area contributed by atoms with Crippen molar-refractivity contribution < 1.29 is 27.5 Å². The average Bonchev–Trinajstić information content (AvgIpc) is 2.66. The van der Waals surface area contributed by atoms with Crippen molar-refractivity contribution in [2.75, 3.05) is 7.11 Å². The molecule has 0 aromatic carbocycles. The van der Waals surface area contributed by atoms with Crippen LogP contribution in [0.5, 0.6) is 0 Å². The lowest BCUT2D eigenvalue weighted by Gasteiger charge is -2.34. The van der Waals surface area contributed by atoms with E-state index in [1.807, 2.05) is 0 Å². The second kappa shape index (κ2) is 5.23. The van der Waals surface area contributed by atoms with Crippen molar-refractivity contribution in [2.24, 2.45) is 0 Å². The number of carbonyl (C=O) groups is 1. The summed E-state index contributed by atoms with van der Waals surface area (Å²) in [6, 6.07) is 0.770. The maximum atomic E-state index is 12.1. The molecule has 0 bridgehead atoms. The maximum absolute atomic E-state index is 12.1. The van der Waals surface area contributed by atoms with Gasteiger partial charge in [0.1, 0.15) is 4.90 Å². The van der Waals surface area contributed by atoms with Gasteiger partial charge >= 0.3 is 5.97 Å². The number of rotatable bonds is 5. The van der Waals surface area contributed by atoms with Crippen LogP contribution in [0.3, 0.4) is 0 Å². The van der Waals surface area contributed by atoms with Crippen LogP contribution < -0.4 is 4.72 Å². The molecule has 2 N–H and O–H groups in total. The maximum Gasteiger partial charge on any atom is 0.371 e. The van der Waals surface area contributed by atoms with Crippen molar-refractivity contribution in [1.82, 2.24) is 4.72 Å². The molecule has 0 amide bonds. The fourth-order valence-electron chi connectivity index (χ4n) is 1.78. The zero-order valence-electron chi connectivity index (χ0n) is 9.92. The van der Waals surface area contributed by atoms with Gasteiger partial charge < -0.3 is 14.3 Å². The number of hydrogen-bond donors (Lipinski definition) is 2. The smallest absolute Gasteiger partial charge is 0.371 e. The van der Waals surface area contributed by atoms with E-state index < -0.39 is 21.8 Å². The van der Waals surface area contributed by atoms with Gasteiger partial charge in [-0.05, 0) is 28.8 Å². The number of nitrogens with one attached hydrogen (secondary N) is 1. The molecule has 1 saturated carbocycles. The van der Waals surface area contributed by atoms with Gasteiger partial charge in [-0.1, -0.05) is 0 Å². The Labute approximate surface area is 118 Å². The van der Waals surface area contributed by atoms with E-state index in [9.17, 15) is 13.2 Å². The molecule has 1 fully saturated rings. The lowest BCUT2D eigenvalue weighted by Crippen LogP contribution is -2.47. The van der Waals surface area contributed by atoms with Crippen LogP contribution in [0.2, 0.25) is 0 Å². The third-order valence-electron chi connectivity index (χ3n) is 2.91. The van der Waals surface area contributed by atoms with Crippen LogP contribution >= 0.6 is 15.9 Å². The van der Waals surface area contributed by atoms with Gasteiger partial charge in [0.2, 0.25) is 15.8 Å². The monoisotopic (exact) mass is 353 g/mol. The van der Waals surface area contributed by atoms with Gasteiger partial charge in [-0.25, -0.2) is 17.9 Å². The molecule has 0 radical (unpaired) electrons. The number of carboxylic acids is 1. The molecule has 106 valence electrons. The molecule has 0 spiro atoms. The topological polar surface area (TPSA) is 106 Å². The summed E-state index contributed by atoms with van der Waals surface area (Å²) in [5.41, 5.74) is 0. The highest BCUT2D eigenvalue weighted by molar-refractivity contribution is 9.10. The van der Waals surface area contributed by atoms with E-state index in [1.165, 1.54) is 0 Å². The van der Waals surface area contributed by atoms with Crippen molar-refractivity contribution >= 4 is 31.9 Å². The van der Waals surface area contributed by atoms with E-state index in [-0.39, 0.29) is 21.7 Å². The molecule has 1 aromatic heterocycles. The number of furan rings is 1. The number of hydrogen-bond acceptors (Lipinski definition) is 5. The summed E-state index contributed by atoms with van der Waals surface area (Å²) in [6.07, 6.45) is 1.25. The minimum absolute atomic E-state index is 0.0649. The van der Waals surface area contributed by atoms with Gasteiger partial charge in [0.05, 0.1) is 6.10 Å². The van der Waals surface area contributed by atoms with Gasteiger partial charge in [-0.15, -0.1) is 0 Å². The van der Waals surface area contributed by atoms with Gasteiger partial charge in [0, 0.05) is 19.2 Å². The molecule has 2 rings (SSSR count). The molecule has 19 heavy (non-hydrogen) atoms. The molecule has 1 heterocycles. The first-order valence-electron chi connectivity index (χ1n) is 5.41. The Kier molecular flexibility index (Phi) is 4.00. The average molecular weight is 354 g/mol. The van der Waals surface area contributed by atoms with Crippen molar-refractivity contribution in [3.8, 4) is 0 Å². The third-order valence-corrected chi connectivity index (χ3v) is 5.28. The lowest BCUT2D eigenvalue weighted by atomic mass is 9.90. The third kappa shape index (κ3) is 2.99. The van der Waals surface area contributed by atoms with Crippen LogP contribution in [0, 0.1) is 0 Å². The van der Waals surface area contributed by atoms with Gasteiger partial charge in [0.25, 0.3) is 0 Å². The lowest BCUT2D eigenvalue weighted by molar-refractivity contribution is 0.0236. The highest BCUT2D eigenvalue weighted by Gasteiger charge is 2.34. The number of sulfonamides is 1. The first kappa shape index (κ1) is 14.5. The van der Waals surface area contributed by atoms with Gasteiger partial charge in [-0.2, -0.15) is 0 Å². The predicted molar refractivity (Wildman–Crippen MR) is 67.5 cm³/mol. The van der Waals surface area contributed by atoms with Crippen LogP contribution in [0.4, 0.5) is 0 Å². The van der Waals surface area contributed by atoms with Crippen LogP contribution in [0.1, 0.15) is 23.4 Å². The Balaban J connectivity index is 2.14. The number of halogens is 1. The van der Waals surface area contributed by atoms with E-state index >= 15 is 0 Å². The summed E-state index contributed by atoms with van der Waals surface area (Å²) in [4.78, 5) is 10.5. The summed E-state index contributed by atoms with van der Waals surface area (Å²) >= 11 is 2.90. The van der Waals surface area contributed by atoms with Crippen LogP contribution in [-0.2, 0) is 14.8 Å². The van der Waals surface area contributed by atoms with Crippen molar-refractivity contribution in [1.29, 1.82) is 0 Å². The molecule has 9 heteroatoms. The normalized spacial score (nSPS) is 23.1. The summed E-state index contributed by atoms with van der Waals surface area (Å²) in [7, 11) is -2.23. The van der Waals surface area contributed by atoms with Crippen LogP contribution in [0.15, 0.2) is 20.0 Å². The molecule has 0 saturated heterocycles. The summed E-state index contributed by atoms with van der Waals surface area (Å²) in [5, 5.41) is 8.75. The predicted octanol–water partition coefficient (Wildman–Crippen LogP) is 1.20. The zero-order valence-corrected chi connectivity index (χ0v) is 12.3. The van der Waals surface area contributed by atoms with E-state index in [0.717, 1.165) is 6.07 Å². The van der Waals surface area contributed by atoms with Crippen molar-refractivity contribution in [3.63, 3.8) is 0 Å². The van der Waals surface area contributed by atoms with E-state index in [2.05, 4.69) is 20.7 Å². The Bertz CT molecular complexity index is 589. The number of aromatic carboxylic acids is 1. The summed E-state index contributed by atoms with van der Waals surface area (Å²) in [5.74, 6) is -1.76. The minimum atomic E-state index is -3.80. The fourth-order valence-corrected chi connectivity index (χ4v) is 3.98. The quantitative estimate of drug-likeness (QED) is 0.823. The van der Waals surface area contributed by atoms with Gasteiger partial charge in [-0.3, -0.25) is 0 Å². The Hall–Kier alpha value is -0.900. The molecule has 0 unspecified atom stereocenters. The Morgan fingerprint density at radius 2 is 2.21 bits per heavy atom. The summed E-state index contributed by atoms with van der Waals surface area (Å²) in [6.45, 7) is 0. The molecule has 0 aliphatic heterocycles. The standard InChI is InChI=1S/C10H12BrNO6S/c1-17-6-2-5(3-6)12-19(15,16)8-4-7(10(13)14)18-9(8)11/h4-6,12H,2-3H2,1H3,(H,13,14). The molecular formula is C10H12BrNO6S. The second-order valence-electron chi connectivity index (χ2n) is 4.20. The number of ether oxygens (including phenoxy) is 1. The zero-order chi connectivity index (χ0) is 14.2. The molecule has 7 nitrogen and oxygen atoms in total. The molecule has 0 atom stereocenters. The number of carboxylic acid groups (broad SMARTS) is 1. The first-order chi connectivity index (χ1) is 8.83.